The van der Waals surface area contributed by atoms with Gasteiger partial charge in [0.25, 0.3) is 0 Å². The van der Waals surface area contributed by atoms with Gasteiger partial charge in [-0.3, -0.25) is 0 Å². The molecule has 0 spiro atoms. The van der Waals surface area contributed by atoms with Gasteiger partial charge in [0.1, 0.15) is 6.61 Å². The Morgan fingerprint density at radius 1 is 1.00 bits per heavy atom. The molecule has 2 aromatic carbocycles. The lowest BCUT2D eigenvalue weighted by Gasteiger charge is -2.09. The first kappa shape index (κ1) is 17.6. The number of nitrogens with zero attached hydrogens (tertiary/aromatic N) is 3. The molecule has 0 unspecified atom stereocenters. The molecule has 0 amide bonds. The Hall–Kier alpha value is -2.85. The second-order valence-electron chi connectivity index (χ2n) is 6.69. The molecule has 0 aliphatic carbocycles. The van der Waals surface area contributed by atoms with Gasteiger partial charge in [-0.1, -0.05) is 47.5 Å². The number of aromatic nitrogens is 3. The van der Waals surface area contributed by atoms with Crippen molar-refractivity contribution in [3.63, 3.8) is 0 Å². The van der Waals surface area contributed by atoms with Gasteiger partial charge in [0.2, 0.25) is 5.88 Å². The van der Waals surface area contributed by atoms with E-state index < -0.39 is 0 Å². The van der Waals surface area contributed by atoms with Crippen LogP contribution in [0.3, 0.4) is 0 Å². The maximum absolute atomic E-state index is 6.22. The van der Waals surface area contributed by atoms with E-state index in [4.69, 9.17) is 26.4 Å². The molecule has 4 aromatic rings. The van der Waals surface area contributed by atoms with Crippen LogP contribution in [0, 0.1) is 20.8 Å². The third kappa shape index (κ3) is 3.40. The number of aryl methyl sites for hydroxylation is 3. The van der Waals surface area contributed by atoms with Gasteiger partial charge >= 0.3 is 0 Å². The number of ether oxygens (including phenoxy) is 1. The van der Waals surface area contributed by atoms with Crippen LogP contribution in [0.5, 0.6) is 5.88 Å². The number of hydrogen-bond acceptors (Lipinski definition) is 3. The molecule has 0 fully saturated rings. The summed E-state index contributed by atoms with van der Waals surface area (Å²) >= 11 is 6.22. The van der Waals surface area contributed by atoms with Crippen molar-refractivity contribution in [2.24, 2.45) is 0 Å². The second-order valence-corrected chi connectivity index (χ2v) is 7.10. The average molecular weight is 378 g/mol. The fourth-order valence-corrected chi connectivity index (χ4v) is 3.37. The van der Waals surface area contributed by atoms with Crippen molar-refractivity contribution in [3.8, 4) is 11.6 Å². The monoisotopic (exact) mass is 377 g/mol. The molecule has 0 saturated heterocycles. The van der Waals surface area contributed by atoms with Gasteiger partial charge in [0.05, 0.1) is 11.4 Å². The standard InChI is InChI=1S/C22H20ClN3O/c1-14-8-10-18(11-9-14)26-22-21(16(3)25-26)15(2)12-20(24-22)27-13-17-6-4-5-7-19(17)23/h4-12H,13H2,1-3H3. The molecule has 4 rings (SSSR count). The average Bonchev–Trinajstić information content (AvgIpc) is 2.99. The number of hydrogen-bond donors (Lipinski definition) is 0. The van der Waals surface area contributed by atoms with Crippen LogP contribution in [0.25, 0.3) is 16.7 Å². The Kier molecular flexibility index (Phi) is 4.58. The van der Waals surface area contributed by atoms with Gasteiger partial charge < -0.3 is 4.74 Å². The minimum absolute atomic E-state index is 0.370. The maximum Gasteiger partial charge on any atom is 0.215 e. The van der Waals surface area contributed by atoms with Crippen LogP contribution in [-0.2, 0) is 6.61 Å². The summed E-state index contributed by atoms with van der Waals surface area (Å²) in [4.78, 5) is 4.74. The van der Waals surface area contributed by atoms with Crippen LogP contribution in [-0.4, -0.2) is 14.8 Å². The Balaban J connectivity index is 1.74. The first-order chi connectivity index (χ1) is 13.0. The SMILES string of the molecule is Cc1ccc(-n2nc(C)c3c(C)cc(OCc4ccccc4Cl)nc32)cc1. The molecule has 0 N–H and O–H groups in total. The number of rotatable bonds is 4. The molecule has 4 nitrogen and oxygen atoms in total. The summed E-state index contributed by atoms with van der Waals surface area (Å²) in [6.07, 6.45) is 0. The molecule has 2 aromatic heterocycles. The van der Waals surface area contributed by atoms with Crippen molar-refractivity contribution in [3.05, 3.63) is 82.0 Å². The summed E-state index contributed by atoms with van der Waals surface area (Å²) in [5.74, 6) is 0.563. The van der Waals surface area contributed by atoms with Crippen LogP contribution in [0.2, 0.25) is 5.02 Å². The third-order valence-corrected chi connectivity index (χ3v) is 4.97. The van der Waals surface area contributed by atoms with Gasteiger partial charge in [-0.15, -0.1) is 0 Å². The maximum atomic E-state index is 6.22. The minimum Gasteiger partial charge on any atom is -0.473 e. The van der Waals surface area contributed by atoms with E-state index in [1.807, 2.05) is 41.9 Å². The lowest BCUT2D eigenvalue weighted by atomic mass is 10.1. The Morgan fingerprint density at radius 2 is 1.74 bits per heavy atom. The zero-order valence-corrected chi connectivity index (χ0v) is 16.3. The van der Waals surface area contributed by atoms with Gasteiger partial charge in [-0.25, -0.2) is 4.68 Å². The molecular formula is C22H20ClN3O. The summed E-state index contributed by atoms with van der Waals surface area (Å²) in [6, 6.07) is 17.9. The fourth-order valence-electron chi connectivity index (χ4n) is 3.18. The highest BCUT2D eigenvalue weighted by molar-refractivity contribution is 6.31. The molecule has 27 heavy (non-hydrogen) atoms. The number of benzene rings is 2. The summed E-state index contributed by atoms with van der Waals surface area (Å²) < 4.78 is 7.82. The van der Waals surface area contributed by atoms with Gasteiger partial charge in [0.15, 0.2) is 5.65 Å². The van der Waals surface area contributed by atoms with Crippen LogP contribution < -0.4 is 4.74 Å². The van der Waals surface area contributed by atoms with E-state index >= 15 is 0 Å². The highest BCUT2D eigenvalue weighted by Crippen LogP contribution is 2.27. The van der Waals surface area contributed by atoms with Crippen molar-refractivity contribution in [2.75, 3.05) is 0 Å². The van der Waals surface area contributed by atoms with Crippen molar-refractivity contribution in [1.82, 2.24) is 14.8 Å². The van der Waals surface area contributed by atoms with E-state index in [0.29, 0.717) is 17.5 Å². The molecule has 136 valence electrons. The minimum atomic E-state index is 0.370. The number of fused-ring (bicyclic) bond motifs is 1. The highest BCUT2D eigenvalue weighted by Gasteiger charge is 2.15. The third-order valence-electron chi connectivity index (χ3n) is 4.60. The van der Waals surface area contributed by atoms with Crippen molar-refractivity contribution >= 4 is 22.6 Å². The normalized spacial score (nSPS) is 11.1. The number of halogens is 1. The fraction of sp³-hybridized carbons (Fsp3) is 0.182. The van der Waals surface area contributed by atoms with Gasteiger partial charge in [-0.05, 0) is 44.5 Å². The molecule has 2 heterocycles. The topological polar surface area (TPSA) is 39.9 Å². The molecule has 0 bridgehead atoms. The Bertz CT molecular complexity index is 1120. The largest absolute Gasteiger partial charge is 0.473 e. The van der Waals surface area contributed by atoms with E-state index in [1.165, 1.54) is 5.56 Å². The molecule has 0 radical (unpaired) electrons. The zero-order valence-electron chi connectivity index (χ0n) is 15.5. The lowest BCUT2D eigenvalue weighted by Crippen LogP contribution is -2.01. The Morgan fingerprint density at radius 3 is 2.48 bits per heavy atom. The molecule has 0 saturated carbocycles. The van der Waals surface area contributed by atoms with Crippen molar-refractivity contribution in [2.45, 2.75) is 27.4 Å². The lowest BCUT2D eigenvalue weighted by molar-refractivity contribution is 0.294. The van der Waals surface area contributed by atoms with Crippen molar-refractivity contribution in [1.29, 1.82) is 0 Å². The van der Waals surface area contributed by atoms with Gasteiger partial charge in [-0.2, -0.15) is 10.1 Å². The first-order valence-electron chi connectivity index (χ1n) is 8.83. The van der Waals surface area contributed by atoms with Crippen LogP contribution in [0.4, 0.5) is 0 Å². The molecular weight excluding hydrogens is 358 g/mol. The van der Waals surface area contributed by atoms with Crippen LogP contribution in [0.15, 0.2) is 54.6 Å². The van der Waals surface area contributed by atoms with Crippen LogP contribution in [0.1, 0.15) is 22.4 Å². The number of pyridine rings is 1. The molecule has 5 heteroatoms. The highest BCUT2D eigenvalue weighted by atomic mass is 35.5. The smallest absolute Gasteiger partial charge is 0.215 e. The van der Waals surface area contributed by atoms with E-state index in [9.17, 15) is 0 Å². The van der Waals surface area contributed by atoms with E-state index in [-0.39, 0.29) is 0 Å². The predicted octanol–water partition coefficient (Wildman–Crippen LogP) is 5.58. The van der Waals surface area contributed by atoms with E-state index in [1.54, 1.807) is 0 Å². The van der Waals surface area contributed by atoms with E-state index in [0.717, 1.165) is 33.5 Å². The van der Waals surface area contributed by atoms with Gasteiger partial charge in [0, 0.05) is 22.0 Å². The second kappa shape index (κ2) is 7.05. The Labute approximate surface area is 163 Å². The summed E-state index contributed by atoms with van der Waals surface area (Å²) in [5, 5.41) is 6.45. The quantitative estimate of drug-likeness (QED) is 0.466. The van der Waals surface area contributed by atoms with Crippen molar-refractivity contribution < 1.29 is 4.74 Å². The molecule has 0 aliphatic heterocycles. The predicted molar refractivity (Wildman–Crippen MR) is 109 cm³/mol. The summed E-state index contributed by atoms with van der Waals surface area (Å²) in [6.45, 7) is 6.50. The molecule has 0 aliphatic rings. The summed E-state index contributed by atoms with van der Waals surface area (Å²) in [7, 11) is 0. The summed E-state index contributed by atoms with van der Waals surface area (Å²) in [5.41, 5.74) is 5.96. The first-order valence-corrected chi connectivity index (χ1v) is 9.21. The molecule has 0 atom stereocenters. The zero-order chi connectivity index (χ0) is 19.0. The van der Waals surface area contributed by atoms with Crippen LogP contribution >= 0.6 is 11.6 Å². The van der Waals surface area contributed by atoms with E-state index in [2.05, 4.69) is 38.1 Å².